The van der Waals surface area contributed by atoms with E-state index in [9.17, 15) is 5.11 Å². The Morgan fingerprint density at radius 3 is 2.07 bits per heavy atom. The van der Waals surface area contributed by atoms with E-state index in [0.717, 1.165) is 12.0 Å². The van der Waals surface area contributed by atoms with Gasteiger partial charge in [0, 0.05) is 4.83 Å². The van der Waals surface area contributed by atoms with Crippen molar-refractivity contribution in [3.05, 3.63) is 35.4 Å². The Morgan fingerprint density at radius 1 is 1.13 bits per heavy atom. The molecule has 1 nitrogen and oxygen atoms in total. The number of rotatable bonds is 4. The van der Waals surface area contributed by atoms with Crippen LogP contribution in [0.25, 0.3) is 0 Å². The number of hydrogen-bond acceptors (Lipinski definition) is 1. The second-order valence-electron chi connectivity index (χ2n) is 4.46. The highest BCUT2D eigenvalue weighted by atomic mass is 79.9. The minimum Gasteiger partial charge on any atom is -0.387 e. The third-order valence-electron chi connectivity index (χ3n) is 2.40. The standard InChI is InChI=1S/C13H19BrO/c1-9(2)8-11-4-6-12(7-5-11)13(15)10(3)14/h4-7,9-10,13,15H,8H2,1-3H3. The fraction of sp³-hybridized carbons (Fsp3) is 0.538. The van der Waals surface area contributed by atoms with Gasteiger partial charge in [-0.05, 0) is 30.4 Å². The van der Waals surface area contributed by atoms with E-state index in [1.165, 1.54) is 5.56 Å². The van der Waals surface area contributed by atoms with E-state index in [0.29, 0.717) is 5.92 Å². The van der Waals surface area contributed by atoms with Crippen LogP contribution in [0.4, 0.5) is 0 Å². The van der Waals surface area contributed by atoms with Gasteiger partial charge in [-0.2, -0.15) is 0 Å². The van der Waals surface area contributed by atoms with Gasteiger partial charge in [-0.1, -0.05) is 54.0 Å². The first-order valence-corrected chi connectivity index (χ1v) is 6.33. The Bertz CT molecular complexity index is 290. The van der Waals surface area contributed by atoms with E-state index in [1.54, 1.807) is 0 Å². The molecule has 0 saturated heterocycles. The molecule has 2 heteroatoms. The molecule has 0 amide bonds. The highest BCUT2D eigenvalue weighted by Crippen LogP contribution is 2.22. The van der Waals surface area contributed by atoms with Crippen molar-refractivity contribution in [2.75, 3.05) is 0 Å². The minimum atomic E-state index is -0.418. The lowest BCUT2D eigenvalue weighted by atomic mass is 10.00. The van der Waals surface area contributed by atoms with E-state index >= 15 is 0 Å². The number of halogens is 1. The monoisotopic (exact) mass is 270 g/mol. The van der Waals surface area contributed by atoms with Gasteiger partial charge in [0.05, 0.1) is 6.10 Å². The second-order valence-corrected chi connectivity index (χ2v) is 5.91. The Kier molecular flexibility index (Phi) is 4.81. The maximum Gasteiger partial charge on any atom is 0.0912 e. The van der Waals surface area contributed by atoms with Crippen molar-refractivity contribution >= 4 is 15.9 Å². The van der Waals surface area contributed by atoms with Crippen molar-refractivity contribution in [1.29, 1.82) is 0 Å². The molecule has 0 spiro atoms. The van der Waals surface area contributed by atoms with Crippen molar-refractivity contribution in [3.63, 3.8) is 0 Å². The SMILES string of the molecule is CC(C)Cc1ccc(C(O)C(C)Br)cc1. The number of alkyl halides is 1. The minimum absolute atomic E-state index is 0.0912. The molecular formula is C13H19BrO. The summed E-state index contributed by atoms with van der Waals surface area (Å²) in [5.74, 6) is 0.677. The highest BCUT2D eigenvalue weighted by Gasteiger charge is 2.12. The summed E-state index contributed by atoms with van der Waals surface area (Å²) >= 11 is 3.39. The van der Waals surface area contributed by atoms with Crippen LogP contribution in [0.3, 0.4) is 0 Å². The predicted octanol–water partition coefficient (Wildman–Crippen LogP) is 3.70. The molecule has 0 heterocycles. The van der Waals surface area contributed by atoms with E-state index in [4.69, 9.17) is 0 Å². The zero-order valence-corrected chi connectivity index (χ0v) is 11.2. The number of aliphatic hydroxyl groups is 1. The van der Waals surface area contributed by atoms with Crippen LogP contribution >= 0.6 is 15.9 Å². The average molecular weight is 271 g/mol. The molecule has 1 rings (SSSR count). The van der Waals surface area contributed by atoms with Gasteiger partial charge < -0.3 is 5.11 Å². The van der Waals surface area contributed by atoms with Crippen molar-refractivity contribution in [2.24, 2.45) is 5.92 Å². The van der Waals surface area contributed by atoms with Crippen molar-refractivity contribution < 1.29 is 5.11 Å². The maximum atomic E-state index is 9.82. The molecular weight excluding hydrogens is 252 g/mol. The zero-order valence-electron chi connectivity index (χ0n) is 9.57. The smallest absolute Gasteiger partial charge is 0.0912 e. The summed E-state index contributed by atoms with van der Waals surface area (Å²) in [7, 11) is 0. The molecule has 1 N–H and O–H groups in total. The van der Waals surface area contributed by atoms with Gasteiger partial charge in [-0.15, -0.1) is 0 Å². The molecule has 1 aromatic carbocycles. The maximum absolute atomic E-state index is 9.82. The molecule has 0 bridgehead atoms. The fourth-order valence-electron chi connectivity index (χ4n) is 1.59. The Labute approximate surface area is 101 Å². The van der Waals surface area contributed by atoms with Gasteiger partial charge in [0.2, 0.25) is 0 Å². The molecule has 0 aliphatic rings. The number of aliphatic hydroxyl groups excluding tert-OH is 1. The van der Waals surface area contributed by atoms with Gasteiger partial charge in [0.25, 0.3) is 0 Å². The molecule has 0 saturated carbocycles. The van der Waals surface area contributed by atoms with E-state index in [2.05, 4.69) is 41.9 Å². The van der Waals surface area contributed by atoms with Gasteiger partial charge >= 0.3 is 0 Å². The van der Waals surface area contributed by atoms with E-state index < -0.39 is 6.10 Å². The predicted molar refractivity (Wildman–Crippen MR) is 68.3 cm³/mol. The molecule has 0 fully saturated rings. The summed E-state index contributed by atoms with van der Waals surface area (Å²) < 4.78 is 0. The number of benzene rings is 1. The molecule has 0 aliphatic carbocycles. The largest absolute Gasteiger partial charge is 0.387 e. The third-order valence-corrected chi connectivity index (χ3v) is 2.90. The second kappa shape index (κ2) is 5.66. The molecule has 0 aromatic heterocycles. The number of hydrogen-bond donors (Lipinski definition) is 1. The van der Waals surface area contributed by atoms with Crippen LogP contribution < -0.4 is 0 Å². The van der Waals surface area contributed by atoms with Crippen molar-refractivity contribution in [3.8, 4) is 0 Å². The quantitative estimate of drug-likeness (QED) is 0.828. The van der Waals surface area contributed by atoms with Gasteiger partial charge in [-0.3, -0.25) is 0 Å². The van der Waals surface area contributed by atoms with Crippen LogP contribution in [0, 0.1) is 5.92 Å². The third kappa shape index (κ3) is 3.96. The first-order chi connectivity index (χ1) is 7.00. The lowest BCUT2D eigenvalue weighted by molar-refractivity contribution is 0.181. The lowest BCUT2D eigenvalue weighted by Crippen LogP contribution is -2.07. The lowest BCUT2D eigenvalue weighted by Gasteiger charge is -2.14. The first-order valence-electron chi connectivity index (χ1n) is 5.41. The zero-order chi connectivity index (χ0) is 11.4. The van der Waals surface area contributed by atoms with Crippen LogP contribution in [0.15, 0.2) is 24.3 Å². The molecule has 0 radical (unpaired) electrons. The van der Waals surface area contributed by atoms with Crippen LogP contribution in [-0.4, -0.2) is 9.93 Å². The molecule has 15 heavy (non-hydrogen) atoms. The van der Waals surface area contributed by atoms with Crippen LogP contribution in [0.5, 0.6) is 0 Å². The molecule has 84 valence electrons. The van der Waals surface area contributed by atoms with Crippen LogP contribution in [0.1, 0.15) is 38.0 Å². The first kappa shape index (κ1) is 12.7. The summed E-state index contributed by atoms with van der Waals surface area (Å²) in [6, 6.07) is 8.24. The topological polar surface area (TPSA) is 20.2 Å². The van der Waals surface area contributed by atoms with E-state index in [1.807, 2.05) is 19.1 Å². The van der Waals surface area contributed by atoms with Crippen LogP contribution in [0.2, 0.25) is 0 Å². The summed E-state index contributed by atoms with van der Waals surface area (Å²) in [6.45, 7) is 6.37. The summed E-state index contributed by atoms with van der Waals surface area (Å²) in [5.41, 5.74) is 2.31. The van der Waals surface area contributed by atoms with Gasteiger partial charge in [0.15, 0.2) is 0 Å². The van der Waals surface area contributed by atoms with E-state index in [-0.39, 0.29) is 4.83 Å². The molecule has 2 atom stereocenters. The Morgan fingerprint density at radius 2 is 1.67 bits per heavy atom. The molecule has 2 unspecified atom stereocenters. The summed E-state index contributed by atoms with van der Waals surface area (Å²) in [6.07, 6.45) is 0.679. The summed E-state index contributed by atoms with van der Waals surface area (Å²) in [4.78, 5) is 0.0912. The average Bonchev–Trinajstić information content (AvgIpc) is 2.17. The Hall–Kier alpha value is -0.340. The fourth-order valence-corrected chi connectivity index (χ4v) is 1.89. The summed E-state index contributed by atoms with van der Waals surface area (Å²) in [5, 5.41) is 9.82. The van der Waals surface area contributed by atoms with Crippen molar-refractivity contribution in [1.82, 2.24) is 0 Å². The Balaban J connectivity index is 2.72. The normalized spacial score (nSPS) is 15.3. The van der Waals surface area contributed by atoms with Gasteiger partial charge in [0.1, 0.15) is 0 Å². The molecule has 1 aromatic rings. The highest BCUT2D eigenvalue weighted by molar-refractivity contribution is 9.09. The van der Waals surface area contributed by atoms with Gasteiger partial charge in [-0.25, -0.2) is 0 Å². The molecule has 0 aliphatic heterocycles. The van der Waals surface area contributed by atoms with Crippen molar-refractivity contribution in [2.45, 2.75) is 38.1 Å². The van der Waals surface area contributed by atoms with Crippen LogP contribution in [-0.2, 0) is 6.42 Å².